The maximum Gasteiger partial charge on any atom is 0.457 e. The van der Waals surface area contributed by atoms with Crippen LogP contribution in [0.1, 0.15) is 66.2 Å². The van der Waals surface area contributed by atoms with Crippen LogP contribution in [0.5, 0.6) is 0 Å². The van der Waals surface area contributed by atoms with E-state index in [0.717, 1.165) is 12.2 Å². The topological polar surface area (TPSA) is 18.5 Å². The summed E-state index contributed by atoms with van der Waals surface area (Å²) in [7, 11) is 0.0152. The molecule has 1 aliphatic carbocycles. The first-order valence-electron chi connectivity index (χ1n) is 7.26. The zero-order valence-electron chi connectivity index (χ0n) is 11.9. The maximum atomic E-state index is 6.01. The van der Waals surface area contributed by atoms with Gasteiger partial charge in [0.1, 0.15) is 0 Å². The van der Waals surface area contributed by atoms with Crippen molar-refractivity contribution in [2.24, 2.45) is 5.92 Å². The third-order valence-corrected chi connectivity index (χ3v) is 4.83. The lowest BCUT2D eigenvalue weighted by Gasteiger charge is -2.32. The van der Waals surface area contributed by atoms with Gasteiger partial charge in [-0.25, -0.2) is 0 Å². The van der Waals surface area contributed by atoms with Gasteiger partial charge in [-0.15, -0.1) is 0 Å². The Morgan fingerprint density at radius 2 is 1.53 bits per heavy atom. The Bertz CT molecular complexity index is 241. The van der Waals surface area contributed by atoms with Gasteiger partial charge in [-0.05, 0) is 39.9 Å². The summed E-state index contributed by atoms with van der Waals surface area (Å²) >= 11 is 0. The first-order chi connectivity index (χ1) is 7.91. The Hall–Kier alpha value is -0.0151. The molecule has 2 aliphatic rings. The summed E-state index contributed by atoms with van der Waals surface area (Å²) in [6.45, 7) is 8.52. The molecule has 98 valence electrons. The van der Waals surface area contributed by atoms with Crippen molar-refractivity contribution >= 4 is 7.12 Å². The first-order valence-corrected chi connectivity index (χ1v) is 7.26. The average molecular weight is 238 g/mol. The molecule has 1 aliphatic heterocycles. The Labute approximate surface area is 107 Å². The van der Waals surface area contributed by atoms with Gasteiger partial charge < -0.3 is 9.31 Å². The van der Waals surface area contributed by atoms with Crippen LogP contribution in [0.25, 0.3) is 0 Å². The van der Waals surface area contributed by atoms with E-state index in [1.54, 1.807) is 0 Å². The van der Waals surface area contributed by atoms with Crippen LogP contribution in [-0.4, -0.2) is 18.3 Å². The molecule has 2 rings (SSSR count). The van der Waals surface area contributed by atoms with Crippen molar-refractivity contribution in [3.63, 3.8) is 0 Å². The lowest BCUT2D eigenvalue weighted by molar-refractivity contribution is 0.00578. The highest BCUT2D eigenvalue weighted by molar-refractivity contribution is 6.45. The summed E-state index contributed by atoms with van der Waals surface area (Å²) in [5, 5.41) is 0. The van der Waals surface area contributed by atoms with Gasteiger partial charge in [0, 0.05) is 0 Å². The monoisotopic (exact) mass is 238 g/mol. The summed E-state index contributed by atoms with van der Waals surface area (Å²) in [6, 6.07) is 0. The standard InChI is InChI=1S/C14H27BO2/c1-13(2)14(3,4)17-15(16-13)11-7-10-12-8-5-6-9-12/h12H,5-11H2,1-4H3. The molecular formula is C14H27BO2. The second-order valence-electron chi connectivity index (χ2n) is 6.77. The lowest BCUT2D eigenvalue weighted by Crippen LogP contribution is -2.41. The van der Waals surface area contributed by atoms with Crippen LogP contribution in [0.4, 0.5) is 0 Å². The molecule has 0 unspecified atom stereocenters. The number of hydrogen-bond donors (Lipinski definition) is 0. The zero-order valence-corrected chi connectivity index (χ0v) is 11.9. The summed E-state index contributed by atoms with van der Waals surface area (Å²) in [6.07, 6.45) is 9.46. The Morgan fingerprint density at radius 3 is 2.06 bits per heavy atom. The quantitative estimate of drug-likeness (QED) is 0.688. The second-order valence-corrected chi connectivity index (χ2v) is 6.77. The van der Waals surface area contributed by atoms with Crippen LogP contribution in [0.2, 0.25) is 6.32 Å². The van der Waals surface area contributed by atoms with E-state index in [-0.39, 0.29) is 18.3 Å². The van der Waals surface area contributed by atoms with E-state index in [9.17, 15) is 0 Å². The van der Waals surface area contributed by atoms with Crippen LogP contribution < -0.4 is 0 Å². The van der Waals surface area contributed by atoms with Crippen molar-refractivity contribution in [2.75, 3.05) is 0 Å². The molecule has 0 aromatic heterocycles. The van der Waals surface area contributed by atoms with E-state index in [1.165, 1.54) is 38.5 Å². The highest BCUT2D eigenvalue weighted by atomic mass is 16.7. The van der Waals surface area contributed by atoms with Gasteiger partial charge in [0.2, 0.25) is 0 Å². The highest BCUT2D eigenvalue weighted by Crippen LogP contribution is 2.38. The molecule has 0 amide bonds. The van der Waals surface area contributed by atoms with E-state index >= 15 is 0 Å². The molecule has 0 N–H and O–H groups in total. The molecule has 0 aromatic carbocycles. The Balaban J connectivity index is 1.70. The highest BCUT2D eigenvalue weighted by Gasteiger charge is 2.50. The van der Waals surface area contributed by atoms with Crippen molar-refractivity contribution in [2.45, 2.75) is 83.7 Å². The molecule has 2 nitrogen and oxygen atoms in total. The fourth-order valence-electron chi connectivity index (χ4n) is 2.96. The minimum atomic E-state index is -0.162. The van der Waals surface area contributed by atoms with Crippen molar-refractivity contribution in [3.8, 4) is 0 Å². The van der Waals surface area contributed by atoms with E-state index < -0.39 is 0 Å². The van der Waals surface area contributed by atoms with Crippen molar-refractivity contribution in [3.05, 3.63) is 0 Å². The zero-order chi connectivity index (χ0) is 12.5. The fraction of sp³-hybridized carbons (Fsp3) is 1.00. The molecule has 0 aromatic rings. The molecule has 0 radical (unpaired) electrons. The number of rotatable bonds is 4. The molecule has 17 heavy (non-hydrogen) atoms. The van der Waals surface area contributed by atoms with Crippen LogP contribution >= 0.6 is 0 Å². The molecule has 0 bridgehead atoms. The van der Waals surface area contributed by atoms with E-state index in [4.69, 9.17) is 9.31 Å². The third kappa shape index (κ3) is 3.06. The maximum absolute atomic E-state index is 6.01. The normalized spacial score (nSPS) is 27.9. The average Bonchev–Trinajstić information content (AvgIpc) is 2.74. The van der Waals surface area contributed by atoms with E-state index in [1.807, 2.05) is 0 Å². The summed E-state index contributed by atoms with van der Waals surface area (Å²) < 4.78 is 12.0. The first kappa shape index (κ1) is 13.4. The van der Waals surface area contributed by atoms with Gasteiger partial charge >= 0.3 is 7.12 Å². The molecule has 2 fully saturated rings. The van der Waals surface area contributed by atoms with Gasteiger partial charge in [-0.3, -0.25) is 0 Å². The molecule has 1 heterocycles. The minimum absolute atomic E-state index is 0.0152. The summed E-state index contributed by atoms with van der Waals surface area (Å²) in [5.41, 5.74) is -0.323. The van der Waals surface area contributed by atoms with Gasteiger partial charge in [0.15, 0.2) is 0 Å². The predicted octanol–water partition coefficient (Wildman–Crippen LogP) is 4.05. The van der Waals surface area contributed by atoms with E-state index in [2.05, 4.69) is 27.7 Å². The SMILES string of the molecule is CC1(C)OB(CCCC2CCCC2)OC1(C)C. The van der Waals surface area contributed by atoms with Gasteiger partial charge in [-0.1, -0.05) is 38.5 Å². The molecule has 0 atom stereocenters. The molecule has 3 heteroatoms. The largest absolute Gasteiger partial charge is 0.457 e. The molecular weight excluding hydrogens is 211 g/mol. The predicted molar refractivity (Wildman–Crippen MR) is 72.1 cm³/mol. The summed E-state index contributed by atoms with van der Waals surface area (Å²) in [5.74, 6) is 0.984. The van der Waals surface area contributed by atoms with Crippen LogP contribution in [0.3, 0.4) is 0 Å². The third-order valence-electron chi connectivity index (χ3n) is 4.83. The Kier molecular flexibility index (Phi) is 3.89. The van der Waals surface area contributed by atoms with Gasteiger partial charge in [0.05, 0.1) is 11.2 Å². The molecule has 1 saturated carbocycles. The smallest absolute Gasteiger partial charge is 0.403 e. The lowest BCUT2D eigenvalue weighted by atomic mass is 9.81. The van der Waals surface area contributed by atoms with Crippen LogP contribution in [0.15, 0.2) is 0 Å². The van der Waals surface area contributed by atoms with Crippen LogP contribution in [0, 0.1) is 5.92 Å². The van der Waals surface area contributed by atoms with Gasteiger partial charge in [-0.2, -0.15) is 0 Å². The van der Waals surface area contributed by atoms with Crippen molar-refractivity contribution in [1.82, 2.24) is 0 Å². The molecule has 1 saturated heterocycles. The van der Waals surface area contributed by atoms with E-state index in [0.29, 0.717) is 0 Å². The van der Waals surface area contributed by atoms with Gasteiger partial charge in [0.25, 0.3) is 0 Å². The number of hydrogen-bond acceptors (Lipinski definition) is 2. The minimum Gasteiger partial charge on any atom is -0.403 e. The Morgan fingerprint density at radius 1 is 1.00 bits per heavy atom. The summed E-state index contributed by atoms with van der Waals surface area (Å²) in [4.78, 5) is 0. The fourth-order valence-corrected chi connectivity index (χ4v) is 2.96. The van der Waals surface area contributed by atoms with Crippen molar-refractivity contribution < 1.29 is 9.31 Å². The molecule has 0 spiro atoms. The van der Waals surface area contributed by atoms with Crippen molar-refractivity contribution in [1.29, 1.82) is 0 Å². The second kappa shape index (κ2) is 4.93. The van der Waals surface area contributed by atoms with Crippen LogP contribution in [-0.2, 0) is 9.31 Å².